The summed E-state index contributed by atoms with van der Waals surface area (Å²) < 4.78 is 0. The molecule has 2 atom stereocenters. The summed E-state index contributed by atoms with van der Waals surface area (Å²) in [5.41, 5.74) is 3.08. The van der Waals surface area contributed by atoms with Crippen LogP contribution in [0.5, 0.6) is 0 Å². The van der Waals surface area contributed by atoms with Crippen molar-refractivity contribution in [3.05, 3.63) is 53.6 Å². The first-order chi connectivity index (χ1) is 10.4. The number of H-pyrrole nitrogens is 1. The molecule has 0 saturated carbocycles. The second kappa shape index (κ2) is 6.90. The van der Waals surface area contributed by atoms with Gasteiger partial charge in [0.25, 0.3) is 0 Å². The molecule has 21 heavy (non-hydrogen) atoms. The number of aromatic amines is 1. The molecule has 1 aromatic heterocycles. The van der Waals surface area contributed by atoms with Crippen molar-refractivity contribution < 1.29 is 0 Å². The SMILES string of the molecule is CCCNC(Cc1ncc[nH]1)C1CCc2ccccc2C1. The lowest BCUT2D eigenvalue weighted by atomic mass is 9.79. The zero-order valence-corrected chi connectivity index (χ0v) is 12.8. The summed E-state index contributed by atoms with van der Waals surface area (Å²) in [5, 5.41) is 3.75. The molecule has 1 aromatic carbocycles. The first-order valence-corrected chi connectivity index (χ1v) is 8.15. The molecule has 0 aliphatic heterocycles. The fraction of sp³-hybridized carbons (Fsp3) is 0.500. The third-order valence-corrected chi connectivity index (χ3v) is 4.58. The van der Waals surface area contributed by atoms with Crippen molar-refractivity contribution in [1.29, 1.82) is 0 Å². The Labute approximate surface area is 127 Å². The van der Waals surface area contributed by atoms with Crippen molar-refractivity contribution in [1.82, 2.24) is 15.3 Å². The number of imidazole rings is 1. The maximum Gasteiger partial charge on any atom is 0.107 e. The molecule has 0 radical (unpaired) electrons. The number of hydrogen-bond donors (Lipinski definition) is 2. The Morgan fingerprint density at radius 1 is 1.33 bits per heavy atom. The van der Waals surface area contributed by atoms with Crippen LogP contribution in [-0.4, -0.2) is 22.6 Å². The van der Waals surface area contributed by atoms with E-state index in [1.165, 1.54) is 31.2 Å². The maximum atomic E-state index is 4.41. The van der Waals surface area contributed by atoms with Crippen LogP contribution in [0.4, 0.5) is 0 Å². The van der Waals surface area contributed by atoms with Gasteiger partial charge < -0.3 is 10.3 Å². The highest BCUT2D eigenvalue weighted by atomic mass is 14.9. The van der Waals surface area contributed by atoms with E-state index in [9.17, 15) is 0 Å². The van der Waals surface area contributed by atoms with Crippen LogP contribution in [0.3, 0.4) is 0 Å². The average molecular weight is 283 g/mol. The number of nitrogens with zero attached hydrogens (tertiary/aromatic N) is 1. The fourth-order valence-electron chi connectivity index (χ4n) is 3.42. The van der Waals surface area contributed by atoms with E-state index in [2.05, 4.69) is 46.5 Å². The van der Waals surface area contributed by atoms with Crippen LogP contribution in [0.2, 0.25) is 0 Å². The quantitative estimate of drug-likeness (QED) is 0.855. The summed E-state index contributed by atoms with van der Waals surface area (Å²) >= 11 is 0. The minimum atomic E-state index is 0.518. The predicted molar refractivity (Wildman–Crippen MR) is 86.3 cm³/mol. The molecule has 3 rings (SSSR count). The van der Waals surface area contributed by atoms with Gasteiger partial charge in [-0.25, -0.2) is 4.98 Å². The summed E-state index contributed by atoms with van der Waals surface area (Å²) in [6.45, 7) is 3.32. The highest BCUT2D eigenvalue weighted by Gasteiger charge is 2.26. The Morgan fingerprint density at radius 3 is 2.95 bits per heavy atom. The van der Waals surface area contributed by atoms with E-state index < -0.39 is 0 Å². The number of hydrogen-bond acceptors (Lipinski definition) is 2. The van der Waals surface area contributed by atoms with Gasteiger partial charge in [-0.3, -0.25) is 0 Å². The van der Waals surface area contributed by atoms with Crippen LogP contribution >= 0.6 is 0 Å². The van der Waals surface area contributed by atoms with Crippen LogP contribution in [0, 0.1) is 5.92 Å². The maximum absolute atomic E-state index is 4.41. The molecule has 1 aliphatic carbocycles. The molecule has 3 nitrogen and oxygen atoms in total. The molecule has 0 saturated heterocycles. The molecule has 2 N–H and O–H groups in total. The molecule has 0 bridgehead atoms. The predicted octanol–water partition coefficient (Wildman–Crippen LogP) is 3.13. The normalized spacial score (nSPS) is 19.2. The van der Waals surface area contributed by atoms with Gasteiger partial charge in [-0.15, -0.1) is 0 Å². The number of rotatable bonds is 6. The van der Waals surface area contributed by atoms with Crippen LogP contribution < -0.4 is 5.32 Å². The fourth-order valence-corrected chi connectivity index (χ4v) is 3.42. The average Bonchev–Trinajstić information content (AvgIpc) is 3.04. The zero-order chi connectivity index (χ0) is 14.5. The van der Waals surface area contributed by atoms with Crippen molar-refractivity contribution in [2.45, 2.75) is 45.1 Å². The first-order valence-electron chi connectivity index (χ1n) is 8.15. The van der Waals surface area contributed by atoms with Gasteiger partial charge in [0, 0.05) is 24.9 Å². The van der Waals surface area contributed by atoms with E-state index in [1.54, 1.807) is 5.56 Å². The van der Waals surface area contributed by atoms with E-state index in [4.69, 9.17) is 0 Å². The Morgan fingerprint density at radius 2 is 2.19 bits per heavy atom. The van der Waals surface area contributed by atoms with Crippen molar-refractivity contribution in [2.75, 3.05) is 6.54 Å². The Balaban J connectivity index is 1.71. The third kappa shape index (κ3) is 3.53. The van der Waals surface area contributed by atoms with Gasteiger partial charge in [0.1, 0.15) is 5.82 Å². The first kappa shape index (κ1) is 14.3. The summed E-state index contributed by atoms with van der Waals surface area (Å²) in [6.07, 6.45) is 9.63. The summed E-state index contributed by atoms with van der Waals surface area (Å²) in [6, 6.07) is 9.43. The highest BCUT2D eigenvalue weighted by Crippen LogP contribution is 2.28. The second-order valence-electron chi connectivity index (χ2n) is 6.07. The Bertz CT molecular complexity index is 547. The number of benzene rings is 1. The van der Waals surface area contributed by atoms with Crippen LogP contribution in [-0.2, 0) is 19.3 Å². The van der Waals surface area contributed by atoms with Gasteiger partial charge in [-0.2, -0.15) is 0 Å². The van der Waals surface area contributed by atoms with E-state index in [0.29, 0.717) is 12.0 Å². The molecule has 3 heteroatoms. The second-order valence-corrected chi connectivity index (χ2v) is 6.07. The van der Waals surface area contributed by atoms with Gasteiger partial charge >= 0.3 is 0 Å². The van der Waals surface area contributed by atoms with Crippen LogP contribution in [0.15, 0.2) is 36.7 Å². The molecular formula is C18H25N3. The van der Waals surface area contributed by atoms with E-state index in [0.717, 1.165) is 18.8 Å². The molecule has 0 amide bonds. The van der Waals surface area contributed by atoms with E-state index in [1.807, 2.05) is 12.4 Å². The summed E-state index contributed by atoms with van der Waals surface area (Å²) in [5.74, 6) is 1.80. The monoisotopic (exact) mass is 283 g/mol. The van der Waals surface area contributed by atoms with Gasteiger partial charge in [0.05, 0.1) is 0 Å². The van der Waals surface area contributed by atoms with Crippen molar-refractivity contribution >= 4 is 0 Å². The van der Waals surface area contributed by atoms with Gasteiger partial charge in [-0.1, -0.05) is 31.2 Å². The molecule has 2 unspecified atom stereocenters. The third-order valence-electron chi connectivity index (χ3n) is 4.58. The molecule has 1 heterocycles. The molecule has 1 aliphatic rings. The highest BCUT2D eigenvalue weighted by molar-refractivity contribution is 5.30. The molecular weight excluding hydrogens is 258 g/mol. The lowest BCUT2D eigenvalue weighted by Crippen LogP contribution is -2.41. The van der Waals surface area contributed by atoms with E-state index in [-0.39, 0.29) is 0 Å². The molecule has 112 valence electrons. The van der Waals surface area contributed by atoms with E-state index >= 15 is 0 Å². The number of aryl methyl sites for hydroxylation is 1. The molecule has 0 spiro atoms. The lowest BCUT2D eigenvalue weighted by Gasteiger charge is -2.32. The van der Waals surface area contributed by atoms with Crippen LogP contribution in [0.1, 0.15) is 36.7 Å². The minimum Gasteiger partial charge on any atom is -0.349 e. The zero-order valence-electron chi connectivity index (χ0n) is 12.8. The largest absolute Gasteiger partial charge is 0.349 e. The van der Waals surface area contributed by atoms with Gasteiger partial charge in [-0.05, 0) is 49.3 Å². The number of aromatic nitrogens is 2. The molecule has 0 fully saturated rings. The minimum absolute atomic E-state index is 0.518. The van der Waals surface area contributed by atoms with Crippen molar-refractivity contribution in [2.24, 2.45) is 5.92 Å². The van der Waals surface area contributed by atoms with Crippen molar-refractivity contribution in [3.63, 3.8) is 0 Å². The Kier molecular flexibility index (Phi) is 4.71. The smallest absolute Gasteiger partial charge is 0.107 e. The molecule has 2 aromatic rings. The summed E-state index contributed by atoms with van der Waals surface area (Å²) in [4.78, 5) is 7.66. The van der Waals surface area contributed by atoms with Crippen LogP contribution in [0.25, 0.3) is 0 Å². The number of nitrogens with one attached hydrogen (secondary N) is 2. The summed E-state index contributed by atoms with van der Waals surface area (Å²) in [7, 11) is 0. The Hall–Kier alpha value is -1.61. The topological polar surface area (TPSA) is 40.7 Å². The van der Waals surface area contributed by atoms with Gasteiger partial charge in [0.2, 0.25) is 0 Å². The lowest BCUT2D eigenvalue weighted by molar-refractivity contribution is 0.315. The number of fused-ring (bicyclic) bond motifs is 1. The van der Waals surface area contributed by atoms with Crippen molar-refractivity contribution in [3.8, 4) is 0 Å². The standard InChI is InChI=1S/C18H25N3/c1-2-9-19-17(13-18-20-10-11-21-18)16-8-7-14-5-3-4-6-15(14)12-16/h3-6,10-11,16-17,19H,2,7-9,12-13H2,1H3,(H,20,21). The van der Waals surface area contributed by atoms with Gasteiger partial charge in [0.15, 0.2) is 0 Å².